The van der Waals surface area contributed by atoms with Crippen LogP contribution in [0.5, 0.6) is 0 Å². The minimum atomic E-state index is 0.127. The maximum Gasteiger partial charge on any atom is 0.111 e. The van der Waals surface area contributed by atoms with Crippen LogP contribution in [0, 0.1) is 6.92 Å². The summed E-state index contributed by atoms with van der Waals surface area (Å²) >= 11 is 0. The molecule has 1 aliphatic heterocycles. The van der Waals surface area contributed by atoms with Gasteiger partial charge in [-0.25, -0.2) is 4.98 Å². The second-order valence-electron chi connectivity index (χ2n) is 5.20. The zero-order chi connectivity index (χ0) is 13.8. The van der Waals surface area contributed by atoms with Crippen molar-refractivity contribution < 1.29 is 4.74 Å². The number of nitrogens with zero attached hydrogens (tertiary/aromatic N) is 3. The van der Waals surface area contributed by atoms with Gasteiger partial charge in [-0.15, -0.1) is 0 Å². The van der Waals surface area contributed by atoms with Gasteiger partial charge in [0.15, 0.2) is 0 Å². The first-order valence-electron chi connectivity index (χ1n) is 7.16. The molecule has 0 amide bonds. The summed E-state index contributed by atoms with van der Waals surface area (Å²) in [5.41, 5.74) is 3.62. The third-order valence-corrected chi connectivity index (χ3v) is 3.78. The fourth-order valence-electron chi connectivity index (χ4n) is 2.61. The fraction of sp³-hybridized carbons (Fsp3) is 0.571. The van der Waals surface area contributed by atoms with Crippen molar-refractivity contribution in [3.63, 3.8) is 0 Å². The van der Waals surface area contributed by atoms with Crippen molar-refractivity contribution in [3.8, 4) is 0 Å². The number of nitrogens with one attached hydrogen (secondary N) is 2. The van der Waals surface area contributed by atoms with Gasteiger partial charge in [-0.3, -0.25) is 5.10 Å². The third-order valence-electron chi connectivity index (χ3n) is 3.78. The maximum absolute atomic E-state index is 5.80. The van der Waals surface area contributed by atoms with Crippen molar-refractivity contribution in [1.29, 1.82) is 0 Å². The van der Waals surface area contributed by atoms with Crippen LogP contribution in [0.15, 0.2) is 18.7 Å². The summed E-state index contributed by atoms with van der Waals surface area (Å²) in [6.07, 6.45) is 7.96. The SMILES string of the molecule is Cc1[nH]ncc1CCCn1cncc1C1CNCCO1. The highest BCUT2D eigenvalue weighted by molar-refractivity contribution is 5.14. The van der Waals surface area contributed by atoms with Crippen molar-refractivity contribution in [2.24, 2.45) is 0 Å². The molecule has 20 heavy (non-hydrogen) atoms. The summed E-state index contributed by atoms with van der Waals surface area (Å²) < 4.78 is 8.00. The fourth-order valence-corrected chi connectivity index (χ4v) is 2.61. The Morgan fingerprint density at radius 2 is 2.40 bits per heavy atom. The van der Waals surface area contributed by atoms with Crippen LogP contribution >= 0.6 is 0 Å². The predicted octanol–water partition coefficient (Wildman–Crippen LogP) is 1.21. The number of rotatable bonds is 5. The van der Waals surface area contributed by atoms with Crippen LogP contribution in [-0.4, -0.2) is 39.4 Å². The van der Waals surface area contributed by atoms with Gasteiger partial charge in [-0.1, -0.05) is 0 Å². The van der Waals surface area contributed by atoms with E-state index in [1.807, 2.05) is 18.7 Å². The van der Waals surface area contributed by atoms with Crippen LogP contribution in [0.2, 0.25) is 0 Å². The number of aromatic amines is 1. The van der Waals surface area contributed by atoms with Gasteiger partial charge in [0, 0.05) is 25.3 Å². The Bertz CT molecular complexity index is 541. The van der Waals surface area contributed by atoms with Crippen molar-refractivity contribution >= 4 is 0 Å². The van der Waals surface area contributed by atoms with Gasteiger partial charge in [0.25, 0.3) is 0 Å². The molecule has 0 spiro atoms. The number of imidazole rings is 1. The van der Waals surface area contributed by atoms with Crippen LogP contribution in [0.3, 0.4) is 0 Å². The minimum Gasteiger partial charge on any atom is -0.369 e. The lowest BCUT2D eigenvalue weighted by Gasteiger charge is -2.24. The van der Waals surface area contributed by atoms with Gasteiger partial charge in [-0.05, 0) is 25.3 Å². The molecule has 0 bridgehead atoms. The van der Waals surface area contributed by atoms with Crippen molar-refractivity contribution in [2.45, 2.75) is 32.4 Å². The van der Waals surface area contributed by atoms with Crippen LogP contribution in [0.25, 0.3) is 0 Å². The summed E-state index contributed by atoms with van der Waals surface area (Å²) in [6, 6.07) is 0. The summed E-state index contributed by atoms with van der Waals surface area (Å²) in [5.74, 6) is 0. The lowest BCUT2D eigenvalue weighted by Crippen LogP contribution is -2.34. The number of hydrogen-bond donors (Lipinski definition) is 2. The maximum atomic E-state index is 5.80. The van der Waals surface area contributed by atoms with E-state index < -0.39 is 0 Å². The number of aryl methyl sites for hydroxylation is 3. The number of morpholine rings is 1. The zero-order valence-corrected chi connectivity index (χ0v) is 11.8. The second kappa shape index (κ2) is 6.19. The molecule has 3 heterocycles. The van der Waals surface area contributed by atoms with Gasteiger partial charge in [-0.2, -0.15) is 5.10 Å². The Labute approximate surface area is 118 Å². The second-order valence-corrected chi connectivity index (χ2v) is 5.20. The average molecular weight is 275 g/mol. The zero-order valence-electron chi connectivity index (χ0n) is 11.8. The molecular weight excluding hydrogens is 254 g/mol. The van der Waals surface area contributed by atoms with E-state index in [9.17, 15) is 0 Å². The Morgan fingerprint density at radius 1 is 1.45 bits per heavy atom. The molecule has 0 aromatic carbocycles. The molecule has 1 aliphatic rings. The van der Waals surface area contributed by atoms with E-state index in [1.54, 1.807) is 0 Å². The molecule has 2 N–H and O–H groups in total. The Morgan fingerprint density at radius 3 is 3.15 bits per heavy atom. The predicted molar refractivity (Wildman–Crippen MR) is 75.4 cm³/mol. The quantitative estimate of drug-likeness (QED) is 0.860. The van der Waals surface area contributed by atoms with E-state index >= 15 is 0 Å². The van der Waals surface area contributed by atoms with Gasteiger partial charge >= 0.3 is 0 Å². The summed E-state index contributed by atoms with van der Waals surface area (Å²) in [4.78, 5) is 4.27. The number of H-pyrrole nitrogens is 1. The van der Waals surface area contributed by atoms with Crippen molar-refractivity contribution in [3.05, 3.63) is 35.7 Å². The molecule has 3 rings (SSSR count). The lowest BCUT2D eigenvalue weighted by atomic mass is 10.1. The minimum absolute atomic E-state index is 0.127. The largest absolute Gasteiger partial charge is 0.369 e. The molecule has 2 aromatic heterocycles. The molecular formula is C14H21N5O. The molecule has 108 valence electrons. The van der Waals surface area contributed by atoms with E-state index in [0.717, 1.165) is 44.8 Å². The van der Waals surface area contributed by atoms with E-state index in [1.165, 1.54) is 11.3 Å². The van der Waals surface area contributed by atoms with Gasteiger partial charge < -0.3 is 14.6 Å². The molecule has 0 aliphatic carbocycles. The van der Waals surface area contributed by atoms with Gasteiger partial charge in [0.05, 0.1) is 31.0 Å². The molecule has 0 radical (unpaired) electrons. The summed E-state index contributed by atoms with van der Waals surface area (Å²) in [5, 5.41) is 10.4. The normalized spacial score (nSPS) is 19.4. The summed E-state index contributed by atoms with van der Waals surface area (Å²) in [7, 11) is 0. The molecule has 2 aromatic rings. The van der Waals surface area contributed by atoms with Crippen molar-refractivity contribution in [1.82, 2.24) is 25.1 Å². The first-order chi connectivity index (χ1) is 9.84. The van der Waals surface area contributed by atoms with E-state index in [-0.39, 0.29) is 6.10 Å². The van der Waals surface area contributed by atoms with Gasteiger partial charge in [0.1, 0.15) is 6.10 Å². The highest BCUT2D eigenvalue weighted by atomic mass is 16.5. The van der Waals surface area contributed by atoms with Crippen molar-refractivity contribution in [2.75, 3.05) is 19.7 Å². The molecule has 6 nitrogen and oxygen atoms in total. The summed E-state index contributed by atoms with van der Waals surface area (Å²) in [6.45, 7) is 5.59. The highest BCUT2D eigenvalue weighted by Crippen LogP contribution is 2.19. The standard InChI is InChI=1S/C14H21N5O/c1-11-12(7-17-18-11)3-2-5-19-10-16-8-13(19)14-9-15-4-6-20-14/h7-8,10,14-15H,2-6,9H2,1H3,(H,17,18). The van der Waals surface area contributed by atoms with Gasteiger partial charge in [0.2, 0.25) is 0 Å². The van der Waals surface area contributed by atoms with Crippen LogP contribution in [0.1, 0.15) is 29.5 Å². The van der Waals surface area contributed by atoms with Crippen LogP contribution in [-0.2, 0) is 17.7 Å². The monoisotopic (exact) mass is 275 g/mol. The molecule has 1 fully saturated rings. The molecule has 6 heteroatoms. The number of aromatic nitrogens is 4. The lowest BCUT2D eigenvalue weighted by molar-refractivity contribution is 0.0227. The Hall–Kier alpha value is -1.66. The highest BCUT2D eigenvalue weighted by Gasteiger charge is 2.19. The topological polar surface area (TPSA) is 67.8 Å². The van der Waals surface area contributed by atoms with E-state index in [4.69, 9.17) is 4.74 Å². The molecule has 1 atom stereocenters. The molecule has 1 saturated heterocycles. The van der Waals surface area contributed by atoms with Crippen LogP contribution in [0.4, 0.5) is 0 Å². The third kappa shape index (κ3) is 2.91. The Kier molecular flexibility index (Phi) is 4.13. The van der Waals surface area contributed by atoms with E-state index in [2.05, 4.69) is 32.0 Å². The van der Waals surface area contributed by atoms with E-state index in [0.29, 0.717) is 0 Å². The molecule has 1 unspecified atom stereocenters. The number of hydrogen-bond acceptors (Lipinski definition) is 4. The average Bonchev–Trinajstić information content (AvgIpc) is 3.10. The first kappa shape index (κ1) is 13.3. The molecule has 0 saturated carbocycles. The Balaban J connectivity index is 1.58. The first-order valence-corrected chi connectivity index (χ1v) is 7.16. The van der Waals surface area contributed by atoms with Crippen LogP contribution < -0.4 is 5.32 Å². The number of ether oxygens (including phenoxy) is 1. The smallest absolute Gasteiger partial charge is 0.111 e.